The number of rotatable bonds is 33. The average molecular weight is 1260 g/mol. The molecule has 1 aliphatic carbocycles. The van der Waals surface area contributed by atoms with Crippen molar-refractivity contribution in [1.29, 1.82) is 0 Å². The van der Waals surface area contributed by atoms with E-state index >= 15 is 14.4 Å². The highest BCUT2D eigenvalue weighted by Crippen LogP contribution is 2.45. The Morgan fingerprint density at radius 1 is 0.613 bits per heavy atom. The van der Waals surface area contributed by atoms with E-state index in [1.54, 1.807) is 71.4 Å². The second-order valence-electron chi connectivity index (χ2n) is 25.2. The molecule has 18 nitrogen and oxygen atoms in total. The van der Waals surface area contributed by atoms with Crippen LogP contribution in [-0.4, -0.2) is 106 Å². The molecule has 1 heterocycles. The number of guanidine groups is 1. The van der Waals surface area contributed by atoms with E-state index < -0.39 is 94.7 Å². The first-order chi connectivity index (χ1) is 44.8. The number of carboxylic acid groups (broad SMARTS) is 1. The molecule has 0 spiro atoms. The van der Waals surface area contributed by atoms with Crippen molar-refractivity contribution in [2.24, 2.45) is 34.4 Å². The number of Topliss-reactive ketones (excluding diaryl/α,β-unsaturated/α-hetero) is 2. The number of hydrogen-bond acceptors (Lipinski definition) is 11. The molecular weight excluding hydrogens is 1170 g/mol. The number of aliphatic carboxylic acids is 1. The van der Waals surface area contributed by atoms with Crippen molar-refractivity contribution < 1.29 is 48.1 Å². The van der Waals surface area contributed by atoms with E-state index in [0.717, 1.165) is 44.5 Å². The largest absolute Gasteiger partial charge is 0.481 e. The van der Waals surface area contributed by atoms with E-state index in [-0.39, 0.29) is 70.1 Å². The molecule has 8 rings (SSSR count). The van der Waals surface area contributed by atoms with Crippen LogP contribution in [0.25, 0.3) is 11.1 Å². The van der Waals surface area contributed by atoms with Crippen molar-refractivity contribution in [3.05, 3.63) is 221 Å². The monoisotopic (exact) mass is 1260 g/mol. The number of fused-ring (bicyclic) bond motifs is 3. The summed E-state index contributed by atoms with van der Waals surface area (Å²) in [7, 11) is 1.53. The number of aromatic nitrogens is 2. The predicted molar refractivity (Wildman–Crippen MR) is 359 cm³/mol. The van der Waals surface area contributed by atoms with Gasteiger partial charge in [-0.2, -0.15) is 0 Å². The maximum absolute atomic E-state index is 15.3. The van der Waals surface area contributed by atoms with Crippen LogP contribution in [0.3, 0.4) is 0 Å². The van der Waals surface area contributed by atoms with E-state index in [1.807, 2.05) is 150 Å². The molecule has 0 aliphatic heterocycles. The molecule has 1 aromatic heterocycles. The number of amides is 3. The molecule has 7 N–H and O–H groups in total. The van der Waals surface area contributed by atoms with Gasteiger partial charge in [0.1, 0.15) is 17.7 Å². The average Bonchev–Trinajstić information content (AvgIpc) is 1.71. The maximum Gasteiger partial charge on any atom is 0.407 e. The fourth-order valence-corrected chi connectivity index (χ4v) is 12.4. The summed E-state index contributed by atoms with van der Waals surface area (Å²) in [6.07, 6.45) is 3.09. The number of carbonyl (C=O) groups excluding carboxylic acids is 6. The van der Waals surface area contributed by atoms with Crippen LogP contribution in [0.1, 0.15) is 131 Å². The van der Waals surface area contributed by atoms with Crippen LogP contribution in [-0.2, 0) is 56.6 Å². The summed E-state index contributed by atoms with van der Waals surface area (Å²) in [6.45, 7) is 9.45. The van der Waals surface area contributed by atoms with E-state index in [2.05, 4.69) is 26.3 Å². The highest BCUT2D eigenvalue weighted by Gasteiger charge is 2.42. The van der Waals surface area contributed by atoms with E-state index in [1.165, 1.54) is 7.05 Å². The van der Waals surface area contributed by atoms with Gasteiger partial charge in [0.2, 0.25) is 11.8 Å². The first kappa shape index (κ1) is 69.2. The maximum atomic E-state index is 15.3. The van der Waals surface area contributed by atoms with Crippen LogP contribution in [0.15, 0.2) is 187 Å². The minimum absolute atomic E-state index is 0.0394. The first-order valence-corrected chi connectivity index (χ1v) is 32.1. The van der Waals surface area contributed by atoms with Gasteiger partial charge < -0.3 is 46.1 Å². The highest BCUT2D eigenvalue weighted by molar-refractivity contribution is 5.96. The van der Waals surface area contributed by atoms with Gasteiger partial charge in [0.15, 0.2) is 17.5 Å². The lowest BCUT2D eigenvalue weighted by atomic mass is 9.76. The van der Waals surface area contributed by atoms with Crippen molar-refractivity contribution in [3.63, 3.8) is 0 Å². The van der Waals surface area contributed by atoms with Crippen LogP contribution in [0.4, 0.5) is 4.79 Å². The van der Waals surface area contributed by atoms with Crippen LogP contribution in [0.5, 0.6) is 0 Å². The van der Waals surface area contributed by atoms with Gasteiger partial charge in [-0.15, -0.1) is 0 Å². The van der Waals surface area contributed by atoms with Gasteiger partial charge in [0, 0.05) is 69.0 Å². The molecule has 0 saturated carbocycles. The molecule has 0 fully saturated rings. The Hall–Kier alpha value is -9.71. The fourth-order valence-electron chi connectivity index (χ4n) is 12.4. The number of unbranched alkanes of at least 4 members (excludes halogenated alkanes) is 1. The van der Waals surface area contributed by atoms with Crippen LogP contribution in [0.2, 0.25) is 0 Å². The van der Waals surface area contributed by atoms with Crippen molar-refractivity contribution in [2.75, 3.05) is 26.7 Å². The summed E-state index contributed by atoms with van der Waals surface area (Å²) >= 11 is 0. The summed E-state index contributed by atoms with van der Waals surface area (Å²) in [6, 6.07) is 52.3. The number of carbonyl (C=O) groups is 7. The smallest absolute Gasteiger partial charge is 0.407 e. The van der Waals surface area contributed by atoms with Crippen LogP contribution < -0.4 is 27.0 Å². The van der Waals surface area contributed by atoms with Gasteiger partial charge >= 0.3 is 18.0 Å². The van der Waals surface area contributed by atoms with Crippen molar-refractivity contribution in [3.8, 4) is 11.1 Å². The Morgan fingerprint density at radius 3 is 1.69 bits per heavy atom. The minimum Gasteiger partial charge on any atom is -0.481 e. The Morgan fingerprint density at radius 2 is 1.14 bits per heavy atom. The Balaban J connectivity index is 1.07. The first-order valence-electron chi connectivity index (χ1n) is 32.1. The third-order valence-electron chi connectivity index (χ3n) is 17.2. The zero-order valence-electron chi connectivity index (χ0n) is 54.1. The van der Waals surface area contributed by atoms with Gasteiger partial charge in [0.25, 0.3) is 0 Å². The Labute approximate surface area is 545 Å². The molecule has 0 saturated heterocycles. The molecule has 93 heavy (non-hydrogen) atoms. The Bertz CT molecular complexity index is 3520. The summed E-state index contributed by atoms with van der Waals surface area (Å²) in [5.41, 5.74) is 12.3. The standard InChI is InChI=1S/C75H88N8O10/c1-50(2)62(70(88)82-65(66(84)43-53(71(89)90)42-51-26-11-7-12-27-51)45-57-47-78-49-83(57)75(54-29-13-8-14-30-54,55-31-15-9-16-32-55)56-33-17-10-18-34-56)46-67(85)64(39-25-41-79-72(76)77-6)81-69(87)52(28-23-24-40-80-73(91)93-74(3,4)5)44-68(86)92-48-63-60-37-21-19-35-58(60)59-36-20-22-38-61(59)63/h7-22,26-27,29-38,47,49-50,52-53,62-65H,23-25,28,39-46,48H2,1-6H3,(H,80,91)(H,81,87)(H,82,88)(H,89,90)(H3,76,77,79)/t52-,53-,62+,64+,65+/m1/s1. The number of nitrogens with one attached hydrogen (secondary N) is 4. The summed E-state index contributed by atoms with van der Waals surface area (Å²) in [5, 5.41) is 22.5. The molecule has 1 aliphatic rings. The number of esters is 1. The number of nitrogens with zero attached hydrogens (tertiary/aromatic N) is 3. The minimum atomic E-state index is -1.31. The van der Waals surface area contributed by atoms with Crippen LogP contribution in [0, 0.1) is 23.7 Å². The number of imidazole rings is 1. The molecule has 0 unspecified atom stereocenters. The van der Waals surface area contributed by atoms with E-state index in [4.69, 9.17) is 20.2 Å². The predicted octanol–water partition coefficient (Wildman–Crippen LogP) is 10.7. The molecule has 0 bridgehead atoms. The zero-order chi connectivity index (χ0) is 66.5. The molecule has 3 amide bonds. The topological polar surface area (TPSA) is 262 Å². The third kappa shape index (κ3) is 18.5. The number of carboxylic acids is 1. The molecule has 6 aromatic carbocycles. The second-order valence-corrected chi connectivity index (χ2v) is 25.2. The molecule has 7 aromatic rings. The highest BCUT2D eigenvalue weighted by atomic mass is 16.6. The van der Waals surface area contributed by atoms with Gasteiger partial charge in [-0.25, -0.2) is 9.78 Å². The van der Waals surface area contributed by atoms with Gasteiger partial charge in [-0.3, -0.25) is 33.8 Å². The van der Waals surface area contributed by atoms with Gasteiger partial charge in [0.05, 0.1) is 30.7 Å². The lowest BCUT2D eigenvalue weighted by Crippen LogP contribution is -2.49. The lowest BCUT2D eigenvalue weighted by Gasteiger charge is -2.39. The molecule has 488 valence electrons. The summed E-state index contributed by atoms with van der Waals surface area (Å²) < 4.78 is 13.4. The number of benzene rings is 6. The van der Waals surface area contributed by atoms with Crippen molar-refractivity contribution in [1.82, 2.24) is 30.8 Å². The van der Waals surface area contributed by atoms with E-state index in [0.29, 0.717) is 25.0 Å². The molecular formula is C75H88N8O10. The quantitative estimate of drug-likeness (QED) is 0.00736. The number of hydrogen-bond donors (Lipinski definition) is 6. The zero-order valence-corrected chi connectivity index (χ0v) is 54.1. The van der Waals surface area contributed by atoms with Crippen molar-refractivity contribution >= 4 is 47.4 Å². The second kappa shape index (κ2) is 33.0. The van der Waals surface area contributed by atoms with E-state index in [9.17, 15) is 24.3 Å². The number of nitrogens with two attached hydrogens (primary N) is 1. The number of ketones is 2. The molecule has 0 radical (unpaired) electrons. The van der Waals surface area contributed by atoms with Crippen LogP contribution >= 0.6 is 0 Å². The van der Waals surface area contributed by atoms with Crippen molar-refractivity contribution in [2.45, 2.75) is 128 Å². The SMILES string of the molecule is CN=C(N)NCCC[C@H](NC(=O)[C@H](CCCCNC(=O)OC(C)(C)C)CC(=O)OCC1c2ccccc2-c2ccccc21)C(=O)C[C@H](C(=O)N[C@@H](Cc1cncn1C(c1ccccc1)(c1ccccc1)c1ccccc1)C(=O)C[C@@H](Cc1ccccc1)C(=O)O)C(C)C. The van der Waals surface area contributed by atoms with Gasteiger partial charge in [-0.1, -0.05) is 190 Å². The summed E-state index contributed by atoms with van der Waals surface area (Å²) in [4.78, 5) is 109. The Kier molecular flexibility index (Phi) is 24.6. The fraction of sp³-hybridized carbons (Fsp3) is 0.373. The molecule has 5 atom stereocenters. The third-order valence-corrected chi connectivity index (χ3v) is 17.2. The molecule has 18 heteroatoms. The normalized spacial score (nSPS) is 13.9. The number of aliphatic imine (C=N–C) groups is 1. The summed E-state index contributed by atoms with van der Waals surface area (Å²) in [5.74, 6) is -7.68. The number of ether oxygens (including phenoxy) is 2. The van der Waals surface area contributed by atoms with Gasteiger partial charge in [-0.05, 0) is 103 Å². The number of alkyl carbamates (subject to hydrolysis) is 1. The lowest BCUT2D eigenvalue weighted by molar-refractivity contribution is -0.147.